The zero-order valence-electron chi connectivity index (χ0n) is 19.2. The van der Waals surface area contributed by atoms with Crippen molar-refractivity contribution in [3.63, 3.8) is 0 Å². The van der Waals surface area contributed by atoms with E-state index in [4.69, 9.17) is 23.7 Å². The first-order valence-electron chi connectivity index (χ1n) is 11.4. The van der Waals surface area contributed by atoms with Gasteiger partial charge in [0.05, 0.1) is 25.4 Å². The summed E-state index contributed by atoms with van der Waals surface area (Å²) in [6, 6.07) is 0. The molecule has 0 aromatic carbocycles. The van der Waals surface area contributed by atoms with Crippen LogP contribution in [0, 0.1) is 0 Å². The van der Waals surface area contributed by atoms with E-state index in [-0.39, 0.29) is 6.42 Å². The first-order valence-corrected chi connectivity index (χ1v) is 11.4. The number of ether oxygens (including phenoxy) is 5. The largest absolute Gasteiger partial charge is 0.388 e. The average molecular weight is 516 g/mol. The van der Waals surface area contributed by atoms with E-state index in [0.717, 1.165) is 0 Å². The lowest BCUT2D eigenvalue weighted by Gasteiger charge is -2.46. The van der Waals surface area contributed by atoms with Crippen molar-refractivity contribution >= 4 is 0 Å². The van der Waals surface area contributed by atoms with Gasteiger partial charge in [0.15, 0.2) is 18.7 Å². The number of hydrogen-bond donors (Lipinski definition) is 10. The molecule has 0 spiro atoms. The molecule has 3 rings (SSSR count). The maximum Gasteiger partial charge on any atom is 0.224 e. The van der Waals surface area contributed by atoms with Crippen LogP contribution in [-0.2, 0) is 23.7 Å². The van der Waals surface area contributed by atoms with Crippen LogP contribution in [0.3, 0.4) is 0 Å². The molecule has 0 aromatic rings. The summed E-state index contributed by atoms with van der Waals surface area (Å²) in [5.41, 5.74) is 0. The van der Waals surface area contributed by atoms with Gasteiger partial charge in [-0.15, -0.1) is 0 Å². The normalized spacial score (nSPS) is 50.7. The second kappa shape index (κ2) is 11.4. The Labute approximate surface area is 200 Å². The highest BCUT2D eigenvalue weighted by Gasteiger charge is 2.56. The van der Waals surface area contributed by atoms with Gasteiger partial charge >= 0.3 is 0 Å². The summed E-state index contributed by atoms with van der Waals surface area (Å²) in [7, 11) is 0. The molecular weight excluding hydrogens is 480 g/mol. The lowest BCUT2D eigenvalue weighted by atomic mass is 9.94. The van der Waals surface area contributed by atoms with Crippen LogP contribution in [0.15, 0.2) is 0 Å². The Morgan fingerprint density at radius 2 is 1.11 bits per heavy atom. The molecule has 0 aromatic heterocycles. The van der Waals surface area contributed by atoms with Crippen molar-refractivity contribution in [2.75, 3.05) is 13.2 Å². The maximum atomic E-state index is 10.3. The van der Waals surface area contributed by atoms with Gasteiger partial charge < -0.3 is 74.7 Å². The van der Waals surface area contributed by atoms with Crippen molar-refractivity contribution in [3.05, 3.63) is 0 Å². The van der Waals surface area contributed by atoms with Gasteiger partial charge in [-0.1, -0.05) is 6.92 Å². The summed E-state index contributed by atoms with van der Waals surface area (Å²) in [5.74, 6) is -3.13. The van der Waals surface area contributed by atoms with Gasteiger partial charge in [-0.05, 0) is 13.3 Å². The van der Waals surface area contributed by atoms with E-state index in [0.29, 0.717) is 0 Å². The van der Waals surface area contributed by atoms with Crippen molar-refractivity contribution in [1.29, 1.82) is 0 Å². The number of aliphatic hydroxyl groups is 10. The lowest BCUT2D eigenvalue weighted by Crippen LogP contribution is -2.68. The van der Waals surface area contributed by atoms with Gasteiger partial charge in [0, 0.05) is 0 Å². The van der Waals surface area contributed by atoms with E-state index in [1.807, 2.05) is 0 Å². The summed E-state index contributed by atoms with van der Waals surface area (Å²) in [6.45, 7) is 1.99. The Bertz CT molecular complexity index is 679. The van der Waals surface area contributed by atoms with E-state index in [9.17, 15) is 51.1 Å². The molecule has 0 saturated carbocycles. The van der Waals surface area contributed by atoms with Gasteiger partial charge in [0.25, 0.3) is 0 Å². The highest BCUT2D eigenvalue weighted by molar-refractivity contribution is 4.96. The molecule has 0 aliphatic carbocycles. The molecule has 6 unspecified atom stereocenters. The minimum absolute atomic E-state index is 0.283. The molecule has 14 atom stereocenters. The molecule has 15 nitrogen and oxygen atoms in total. The lowest BCUT2D eigenvalue weighted by molar-refractivity contribution is -0.396. The van der Waals surface area contributed by atoms with E-state index in [1.165, 1.54) is 6.92 Å². The molecule has 206 valence electrons. The van der Waals surface area contributed by atoms with E-state index in [2.05, 4.69) is 0 Å². The van der Waals surface area contributed by atoms with Crippen LogP contribution in [0.1, 0.15) is 20.3 Å². The summed E-state index contributed by atoms with van der Waals surface area (Å²) >= 11 is 0. The number of rotatable bonds is 7. The SMILES string of the molecule is CCC1O[C@@H](OCC2O[C@@H](OCC3O[C@@H](C)C(O)[C@H](O)[C@@H]3O)C(O)C(O)(O)[C@@H]2O)C(O)[C@H](O)[C@@H]1O. The van der Waals surface area contributed by atoms with Crippen molar-refractivity contribution in [3.8, 4) is 0 Å². The van der Waals surface area contributed by atoms with Crippen molar-refractivity contribution in [2.24, 2.45) is 0 Å². The third-order valence-electron chi connectivity index (χ3n) is 6.66. The van der Waals surface area contributed by atoms with Gasteiger partial charge in [0.1, 0.15) is 54.9 Å². The molecule has 3 heterocycles. The minimum atomic E-state index is -3.13. The van der Waals surface area contributed by atoms with Gasteiger partial charge in [0.2, 0.25) is 5.79 Å². The van der Waals surface area contributed by atoms with Crippen LogP contribution in [0.2, 0.25) is 0 Å². The van der Waals surface area contributed by atoms with E-state index in [1.54, 1.807) is 6.92 Å². The maximum absolute atomic E-state index is 10.3. The van der Waals surface area contributed by atoms with Crippen LogP contribution in [0.4, 0.5) is 0 Å². The second-order valence-electron chi connectivity index (χ2n) is 9.16. The molecule has 3 aliphatic heterocycles. The average Bonchev–Trinajstić information content (AvgIpc) is 2.83. The first-order chi connectivity index (χ1) is 16.3. The molecule has 10 N–H and O–H groups in total. The quantitative estimate of drug-likeness (QED) is 0.142. The third-order valence-corrected chi connectivity index (χ3v) is 6.66. The van der Waals surface area contributed by atoms with E-state index < -0.39 is 105 Å². The molecule has 3 aliphatic rings. The minimum Gasteiger partial charge on any atom is -0.388 e. The van der Waals surface area contributed by atoms with Crippen LogP contribution < -0.4 is 0 Å². The highest BCUT2D eigenvalue weighted by atomic mass is 16.7. The fourth-order valence-electron chi connectivity index (χ4n) is 4.28. The zero-order valence-corrected chi connectivity index (χ0v) is 19.2. The van der Waals surface area contributed by atoms with Crippen LogP contribution >= 0.6 is 0 Å². The second-order valence-corrected chi connectivity index (χ2v) is 9.16. The van der Waals surface area contributed by atoms with Gasteiger partial charge in [-0.2, -0.15) is 0 Å². The van der Waals surface area contributed by atoms with Crippen LogP contribution in [-0.4, -0.2) is 156 Å². The fourth-order valence-corrected chi connectivity index (χ4v) is 4.28. The Balaban J connectivity index is 1.63. The van der Waals surface area contributed by atoms with Crippen LogP contribution in [0.5, 0.6) is 0 Å². The fraction of sp³-hybridized carbons (Fsp3) is 1.00. The van der Waals surface area contributed by atoms with Crippen molar-refractivity contribution in [1.82, 2.24) is 0 Å². The number of hydrogen-bond acceptors (Lipinski definition) is 15. The summed E-state index contributed by atoms with van der Waals surface area (Å²) in [5, 5.41) is 101. The zero-order chi connectivity index (χ0) is 26.2. The molecule has 35 heavy (non-hydrogen) atoms. The molecule has 3 fully saturated rings. The summed E-state index contributed by atoms with van der Waals surface area (Å²) in [6.07, 6.45) is -20.7. The highest BCUT2D eigenvalue weighted by Crippen LogP contribution is 2.31. The van der Waals surface area contributed by atoms with Gasteiger partial charge in [-0.25, -0.2) is 0 Å². The standard InChI is InChI=1S/C20H36O15/c1-3-7-11(22)14(25)15(26)18(34-7)31-5-9-16(27)20(29,30)17(28)19(35-9)32-4-8-12(23)13(24)10(21)6(2)33-8/h6-19,21-30H,3-5H2,1-2H3/t6-,7?,8?,9?,10?,11+,12+,13-,14+,15?,16+,17?,18+,19+/m0/s1. The third kappa shape index (κ3) is 5.79. The smallest absolute Gasteiger partial charge is 0.224 e. The van der Waals surface area contributed by atoms with Crippen LogP contribution in [0.25, 0.3) is 0 Å². The molecule has 3 saturated heterocycles. The Morgan fingerprint density at radius 3 is 1.74 bits per heavy atom. The summed E-state index contributed by atoms with van der Waals surface area (Å²) < 4.78 is 26.9. The first kappa shape index (κ1) is 29.0. The molecule has 0 bridgehead atoms. The topological polar surface area (TPSA) is 248 Å². The molecule has 0 amide bonds. The van der Waals surface area contributed by atoms with Crippen molar-refractivity contribution < 1.29 is 74.7 Å². The molecular formula is C20H36O15. The van der Waals surface area contributed by atoms with Crippen molar-refractivity contribution in [2.45, 2.75) is 112 Å². The number of aliphatic hydroxyl groups excluding tert-OH is 8. The van der Waals surface area contributed by atoms with Gasteiger partial charge in [-0.3, -0.25) is 0 Å². The summed E-state index contributed by atoms with van der Waals surface area (Å²) in [4.78, 5) is 0. The Kier molecular flexibility index (Phi) is 9.45. The monoisotopic (exact) mass is 516 g/mol. The Hall–Kier alpha value is -0.600. The molecule has 0 radical (unpaired) electrons. The predicted octanol–water partition coefficient (Wildman–Crippen LogP) is -5.77. The Morgan fingerprint density at radius 1 is 0.600 bits per heavy atom. The predicted molar refractivity (Wildman–Crippen MR) is 109 cm³/mol. The molecule has 15 heteroatoms. The van der Waals surface area contributed by atoms with E-state index >= 15 is 0 Å².